The molecule has 0 spiro atoms. The van der Waals surface area contributed by atoms with Crippen LogP contribution in [0.5, 0.6) is 5.88 Å². The average Bonchev–Trinajstić information content (AvgIpc) is 2.75. The molecule has 2 amide bonds. The molecule has 7 heteroatoms. The number of likely N-dealkylation sites (tertiary alicyclic amines) is 1. The lowest BCUT2D eigenvalue weighted by Crippen LogP contribution is -2.32. The highest BCUT2D eigenvalue weighted by Gasteiger charge is 2.10. The average molecular weight is 383 g/mol. The van der Waals surface area contributed by atoms with E-state index in [1.165, 1.54) is 32.4 Å². The number of hydrogen-bond acceptors (Lipinski definition) is 5. The second-order valence-corrected chi connectivity index (χ2v) is 6.98. The van der Waals surface area contributed by atoms with E-state index in [-0.39, 0.29) is 6.03 Å². The molecule has 1 fully saturated rings. The van der Waals surface area contributed by atoms with Crippen LogP contribution in [0.15, 0.2) is 36.7 Å². The summed E-state index contributed by atoms with van der Waals surface area (Å²) in [4.78, 5) is 23.1. The number of amides is 2. The molecule has 0 aromatic carbocycles. The van der Waals surface area contributed by atoms with Gasteiger partial charge in [-0.15, -0.1) is 0 Å². The van der Waals surface area contributed by atoms with Crippen molar-refractivity contribution in [1.82, 2.24) is 20.2 Å². The largest absolute Gasteiger partial charge is 0.481 e. The summed E-state index contributed by atoms with van der Waals surface area (Å²) in [6.45, 7) is 4.26. The Morgan fingerprint density at radius 2 is 2.00 bits per heavy atom. The molecular formula is C21H29N5O2. The van der Waals surface area contributed by atoms with Crippen molar-refractivity contribution in [2.24, 2.45) is 0 Å². The van der Waals surface area contributed by atoms with E-state index in [0.29, 0.717) is 18.1 Å². The van der Waals surface area contributed by atoms with Gasteiger partial charge in [-0.3, -0.25) is 4.98 Å². The predicted octanol–water partition coefficient (Wildman–Crippen LogP) is 3.54. The molecule has 0 unspecified atom stereocenters. The standard InChI is InChI=1S/C21H29N5O2/c1-28-20-18(8-7-12-22-20)19-10-9-17(16-24-19)25-21(27)23-11-3-6-15-26-13-4-2-5-14-26/h7-10,12,16H,2-6,11,13-15H2,1H3,(H2,23,25,27). The van der Waals surface area contributed by atoms with Gasteiger partial charge in [0.15, 0.2) is 0 Å². The molecule has 3 heterocycles. The minimum Gasteiger partial charge on any atom is -0.481 e. The number of rotatable bonds is 8. The molecule has 0 atom stereocenters. The third kappa shape index (κ3) is 5.92. The van der Waals surface area contributed by atoms with E-state index in [1.807, 2.05) is 24.3 Å². The van der Waals surface area contributed by atoms with Gasteiger partial charge in [-0.2, -0.15) is 0 Å². The lowest BCUT2D eigenvalue weighted by atomic mass is 10.1. The summed E-state index contributed by atoms with van der Waals surface area (Å²) in [7, 11) is 1.58. The number of ether oxygens (including phenoxy) is 1. The first kappa shape index (κ1) is 20.1. The summed E-state index contributed by atoms with van der Waals surface area (Å²) < 4.78 is 5.26. The molecule has 0 bridgehead atoms. The SMILES string of the molecule is COc1ncccc1-c1ccc(NC(=O)NCCCCN2CCCCC2)cn1. The number of methoxy groups -OCH3 is 1. The van der Waals surface area contributed by atoms with Crippen LogP contribution >= 0.6 is 0 Å². The molecule has 2 N–H and O–H groups in total. The first-order chi connectivity index (χ1) is 13.8. The van der Waals surface area contributed by atoms with Crippen LogP contribution in [0.3, 0.4) is 0 Å². The highest BCUT2D eigenvalue weighted by molar-refractivity contribution is 5.89. The summed E-state index contributed by atoms with van der Waals surface area (Å²) >= 11 is 0. The van der Waals surface area contributed by atoms with Gasteiger partial charge >= 0.3 is 6.03 Å². The number of pyridine rings is 2. The number of nitrogens with one attached hydrogen (secondary N) is 2. The number of unbranched alkanes of at least 4 members (excludes halogenated alkanes) is 1. The first-order valence-electron chi connectivity index (χ1n) is 9.99. The van der Waals surface area contributed by atoms with Gasteiger partial charge in [-0.05, 0) is 69.6 Å². The van der Waals surface area contributed by atoms with Crippen LogP contribution in [0.25, 0.3) is 11.3 Å². The maximum atomic E-state index is 12.0. The van der Waals surface area contributed by atoms with E-state index < -0.39 is 0 Å². The van der Waals surface area contributed by atoms with Crippen LogP contribution in [-0.2, 0) is 0 Å². The third-order valence-electron chi connectivity index (χ3n) is 4.90. The van der Waals surface area contributed by atoms with E-state index in [0.717, 1.165) is 30.6 Å². The summed E-state index contributed by atoms with van der Waals surface area (Å²) in [6, 6.07) is 7.20. The van der Waals surface area contributed by atoms with Gasteiger partial charge in [0.2, 0.25) is 5.88 Å². The Morgan fingerprint density at radius 3 is 2.75 bits per heavy atom. The molecule has 1 aliphatic rings. The van der Waals surface area contributed by atoms with Crippen molar-refractivity contribution in [2.75, 3.05) is 38.6 Å². The van der Waals surface area contributed by atoms with E-state index in [1.54, 1.807) is 19.5 Å². The number of anilines is 1. The van der Waals surface area contributed by atoms with E-state index in [4.69, 9.17) is 4.74 Å². The van der Waals surface area contributed by atoms with Crippen molar-refractivity contribution < 1.29 is 9.53 Å². The molecule has 28 heavy (non-hydrogen) atoms. The number of carbonyl (C=O) groups is 1. The van der Waals surface area contributed by atoms with Crippen LogP contribution < -0.4 is 15.4 Å². The van der Waals surface area contributed by atoms with Crippen LogP contribution in [0, 0.1) is 0 Å². The zero-order chi connectivity index (χ0) is 19.6. The number of hydrogen-bond donors (Lipinski definition) is 2. The lowest BCUT2D eigenvalue weighted by Gasteiger charge is -2.26. The zero-order valence-corrected chi connectivity index (χ0v) is 16.5. The van der Waals surface area contributed by atoms with E-state index in [2.05, 4.69) is 25.5 Å². The smallest absolute Gasteiger partial charge is 0.319 e. The Balaban J connectivity index is 1.39. The Labute approximate surface area is 166 Å². The van der Waals surface area contributed by atoms with Gasteiger partial charge in [-0.25, -0.2) is 9.78 Å². The van der Waals surface area contributed by atoms with E-state index >= 15 is 0 Å². The monoisotopic (exact) mass is 383 g/mol. The summed E-state index contributed by atoms with van der Waals surface area (Å²) in [5.41, 5.74) is 2.21. The van der Waals surface area contributed by atoms with Crippen molar-refractivity contribution >= 4 is 11.7 Å². The van der Waals surface area contributed by atoms with E-state index in [9.17, 15) is 4.79 Å². The third-order valence-corrected chi connectivity index (χ3v) is 4.90. The minimum atomic E-state index is -0.202. The number of aromatic nitrogens is 2. The molecule has 7 nitrogen and oxygen atoms in total. The normalized spacial score (nSPS) is 14.5. The highest BCUT2D eigenvalue weighted by Crippen LogP contribution is 2.26. The molecule has 3 rings (SSSR count). The van der Waals surface area contributed by atoms with Crippen LogP contribution in [0.4, 0.5) is 10.5 Å². The van der Waals surface area contributed by atoms with Crippen molar-refractivity contribution in [2.45, 2.75) is 32.1 Å². The van der Waals surface area contributed by atoms with Crippen molar-refractivity contribution in [3.05, 3.63) is 36.7 Å². The Morgan fingerprint density at radius 1 is 1.14 bits per heavy atom. The molecule has 2 aromatic heterocycles. The van der Waals surface area contributed by atoms with Gasteiger partial charge in [0.1, 0.15) is 0 Å². The minimum absolute atomic E-state index is 0.202. The van der Waals surface area contributed by atoms with Crippen LogP contribution in [0.1, 0.15) is 32.1 Å². The fraction of sp³-hybridized carbons (Fsp3) is 0.476. The maximum Gasteiger partial charge on any atom is 0.319 e. The van der Waals surface area contributed by atoms with Crippen LogP contribution in [0.2, 0.25) is 0 Å². The molecule has 2 aromatic rings. The molecule has 1 aliphatic heterocycles. The summed E-state index contributed by atoms with van der Waals surface area (Å²) in [5, 5.41) is 5.73. The summed E-state index contributed by atoms with van der Waals surface area (Å²) in [5.74, 6) is 0.526. The molecule has 0 saturated carbocycles. The Kier molecular flexibility index (Phi) is 7.61. The van der Waals surface area contributed by atoms with Crippen LogP contribution in [-0.4, -0.2) is 54.2 Å². The van der Waals surface area contributed by atoms with Gasteiger partial charge < -0.3 is 20.3 Å². The Bertz CT molecular complexity index is 745. The fourth-order valence-corrected chi connectivity index (χ4v) is 3.40. The highest BCUT2D eigenvalue weighted by atomic mass is 16.5. The molecule has 0 aliphatic carbocycles. The molecule has 150 valence electrons. The number of piperidine rings is 1. The summed E-state index contributed by atoms with van der Waals surface area (Å²) in [6.07, 6.45) is 9.42. The second-order valence-electron chi connectivity index (χ2n) is 6.98. The molecule has 0 radical (unpaired) electrons. The lowest BCUT2D eigenvalue weighted by molar-refractivity contribution is 0.224. The number of carbonyl (C=O) groups excluding carboxylic acids is 1. The van der Waals surface area contributed by atoms with Crippen molar-refractivity contribution in [1.29, 1.82) is 0 Å². The molecular weight excluding hydrogens is 354 g/mol. The van der Waals surface area contributed by atoms with Crippen molar-refractivity contribution in [3.63, 3.8) is 0 Å². The Hall–Kier alpha value is -2.67. The maximum absolute atomic E-state index is 12.0. The fourth-order valence-electron chi connectivity index (χ4n) is 3.40. The predicted molar refractivity (Wildman–Crippen MR) is 111 cm³/mol. The van der Waals surface area contributed by atoms with Gasteiger partial charge in [0, 0.05) is 12.7 Å². The first-order valence-corrected chi connectivity index (χ1v) is 9.99. The topological polar surface area (TPSA) is 79.4 Å². The quantitative estimate of drug-likeness (QED) is 0.682. The number of nitrogens with zero attached hydrogens (tertiary/aromatic N) is 3. The van der Waals surface area contributed by atoms with Gasteiger partial charge in [0.05, 0.1) is 30.3 Å². The van der Waals surface area contributed by atoms with Gasteiger partial charge in [0.25, 0.3) is 0 Å². The number of urea groups is 1. The van der Waals surface area contributed by atoms with Crippen molar-refractivity contribution in [3.8, 4) is 17.1 Å². The van der Waals surface area contributed by atoms with Gasteiger partial charge in [-0.1, -0.05) is 6.42 Å². The molecule has 1 saturated heterocycles. The second kappa shape index (κ2) is 10.6. The zero-order valence-electron chi connectivity index (χ0n) is 16.5.